The predicted octanol–water partition coefficient (Wildman–Crippen LogP) is 9.85. The molecule has 0 spiro atoms. The summed E-state index contributed by atoms with van der Waals surface area (Å²) in [4.78, 5) is 55.1. The van der Waals surface area contributed by atoms with Gasteiger partial charge in [-0.25, -0.2) is 9.59 Å². The smallest absolute Gasteiger partial charge is 0.331 e. The molecule has 4 N–H and O–H groups in total. The maximum atomic E-state index is 13.5. The third kappa shape index (κ3) is 11.2. The Morgan fingerprint density at radius 1 is 0.567 bits per heavy atom. The number of thiophene rings is 2. The summed E-state index contributed by atoms with van der Waals surface area (Å²) in [6, 6.07) is 28.0. The van der Waals surface area contributed by atoms with Gasteiger partial charge in [0.15, 0.2) is 0 Å². The first-order chi connectivity index (χ1) is 31.7. The molecule has 0 fully saturated rings. The molecule has 0 aliphatic heterocycles. The van der Waals surface area contributed by atoms with E-state index < -0.39 is 23.5 Å². The van der Waals surface area contributed by atoms with Crippen molar-refractivity contribution in [3.05, 3.63) is 181 Å². The van der Waals surface area contributed by atoms with Crippen LogP contribution in [0.15, 0.2) is 116 Å². The second kappa shape index (κ2) is 23.6. The van der Waals surface area contributed by atoms with Crippen LogP contribution < -0.4 is 22.5 Å². The fraction of sp³-hybridized carbons (Fsp3) is 0.250. The van der Waals surface area contributed by atoms with Crippen LogP contribution in [0.2, 0.25) is 20.1 Å². The molecular weight excluding hydrogens is 1000 g/mol. The van der Waals surface area contributed by atoms with E-state index in [9.17, 15) is 34.5 Å². The molecule has 12 nitrogen and oxygen atoms in total. The minimum absolute atomic E-state index is 0. The van der Waals surface area contributed by atoms with Gasteiger partial charge in [0.2, 0.25) is 0 Å². The standard InChI is InChI=1S/C24H22Cl2N2O3S.C23H20Cl2N2O4S.CH4O.ClH/c1-3-4-12-28-22(30)19-18(20(29)14-8-10-16(25)11-9-14)21(15-6-5-7-17(26)13-15)32-23(19)27(2)24(28)31;1-26-22-18(21(30)27(23(26)31)10-3-11-28)17(19(29)13-6-8-15(24)9-7-13)20(32-22)14-4-2-5-16(25)12-14;1-2;/h5-11,13,20,29H,3-4,12H2,1-2H3;2,4-9,12,19,28-29H,3,10-11H2,1H3;2H,1H3;1H. The molecule has 0 bridgehead atoms. The summed E-state index contributed by atoms with van der Waals surface area (Å²) in [7, 11) is 4.25. The van der Waals surface area contributed by atoms with E-state index in [2.05, 4.69) is 0 Å². The quantitative estimate of drug-likeness (QED) is 0.0938. The van der Waals surface area contributed by atoms with Crippen LogP contribution in [0, 0.1) is 0 Å². The van der Waals surface area contributed by atoms with Gasteiger partial charge >= 0.3 is 11.4 Å². The molecule has 4 aromatic heterocycles. The van der Waals surface area contributed by atoms with Gasteiger partial charge in [-0.2, -0.15) is 0 Å². The molecule has 354 valence electrons. The summed E-state index contributed by atoms with van der Waals surface area (Å²) in [5.74, 6) is 0. The molecule has 0 radical (unpaired) electrons. The van der Waals surface area contributed by atoms with E-state index in [-0.39, 0.29) is 48.6 Å². The van der Waals surface area contributed by atoms with Gasteiger partial charge in [0, 0.05) is 81.9 Å². The van der Waals surface area contributed by atoms with E-state index in [4.69, 9.17) is 51.5 Å². The number of halogens is 5. The number of rotatable bonds is 12. The second-order valence-electron chi connectivity index (χ2n) is 15.0. The van der Waals surface area contributed by atoms with Crippen LogP contribution in [0.5, 0.6) is 0 Å². The Labute approximate surface area is 419 Å². The van der Waals surface area contributed by atoms with Crippen molar-refractivity contribution in [3.63, 3.8) is 0 Å². The molecule has 4 aromatic carbocycles. The fourth-order valence-electron chi connectivity index (χ4n) is 7.50. The first-order valence-corrected chi connectivity index (χ1v) is 23.8. The molecule has 2 unspecified atom stereocenters. The van der Waals surface area contributed by atoms with E-state index >= 15 is 0 Å². The average Bonchev–Trinajstić information content (AvgIpc) is 3.93. The van der Waals surface area contributed by atoms with Crippen molar-refractivity contribution < 1.29 is 20.4 Å². The van der Waals surface area contributed by atoms with Crippen LogP contribution in [-0.2, 0) is 27.2 Å². The average molecular weight is 1050 g/mol. The molecule has 4 heterocycles. The number of nitrogens with zero attached hydrogens (tertiary/aromatic N) is 4. The predicted molar refractivity (Wildman–Crippen MR) is 277 cm³/mol. The third-order valence-corrected chi connectivity index (χ3v) is 14.4. The summed E-state index contributed by atoms with van der Waals surface area (Å²) >= 11 is 27.0. The maximum Gasteiger partial charge on any atom is 0.331 e. The summed E-state index contributed by atoms with van der Waals surface area (Å²) in [5.41, 5.74) is 1.84. The number of aliphatic hydroxyl groups excluding tert-OH is 4. The van der Waals surface area contributed by atoms with Gasteiger partial charge in [0.25, 0.3) is 11.1 Å². The Morgan fingerprint density at radius 3 is 1.28 bits per heavy atom. The first kappa shape index (κ1) is 53.4. The lowest BCUT2D eigenvalue weighted by Crippen LogP contribution is -2.39. The van der Waals surface area contributed by atoms with Crippen LogP contribution in [0.1, 0.15) is 60.6 Å². The van der Waals surface area contributed by atoms with E-state index in [0.717, 1.165) is 29.2 Å². The van der Waals surface area contributed by atoms with Crippen LogP contribution in [0.25, 0.3) is 41.3 Å². The number of hydrogen-bond donors (Lipinski definition) is 4. The number of hydrogen-bond acceptors (Lipinski definition) is 10. The maximum absolute atomic E-state index is 13.5. The summed E-state index contributed by atoms with van der Waals surface area (Å²) in [5, 5.41) is 41.8. The van der Waals surface area contributed by atoms with E-state index in [1.807, 2.05) is 25.1 Å². The number of fused-ring (bicyclic) bond motifs is 2. The molecule has 19 heteroatoms. The van der Waals surface area contributed by atoms with Crippen molar-refractivity contribution in [1.82, 2.24) is 18.3 Å². The Hall–Kier alpha value is -4.55. The van der Waals surface area contributed by atoms with Crippen LogP contribution >= 0.6 is 81.5 Å². The van der Waals surface area contributed by atoms with Gasteiger partial charge in [0.05, 0.1) is 10.8 Å². The monoisotopic (exact) mass is 1050 g/mol. The Balaban J connectivity index is 0.000000238. The molecule has 0 aliphatic rings. The van der Waals surface area contributed by atoms with Crippen molar-refractivity contribution in [2.45, 2.75) is 51.5 Å². The summed E-state index contributed by atoms with van der Waals surface area (Å²) in [6.07, 6.45) is -0.390. The number of aryl methyl sites for hydroxylation is 2. The highest BCUT2D eigenvalue weighted by molar-refractivity contribution is 7.22. The largest absolute Gasteiger partial charge is 0.400 e. The zero-order valence-corrected chi connectivity index (χ0v) is 42.1. The molecule has 0 saturated carbocycles. The van der Waals surface area contributed by atoms with Crippen LogP contribution in [0.4, 0.5) is 0 Å². The van der Waals surface area contributed by atoms with Crippen molar-refractivity contribution in [2.24, 2.45) is 14.1 Å². The lowest BCUT2D eigenvalue weighted by Gasteiger charge is -2.14. The molecule has 67 heavy (non-hydrogen) atoms. The van der Waals surface area contributed by atoms with Crippen molar-refractivity contribution in [1.29, 1.82) is 0 Å². The zero-order chi connectivity index (χ0) is 48.0. The van der Waals surface area contributed by atoms with Gasteiger partial charge in [-0.1, -0.05) is 108 Å². The molecular formula is C48H47Cl5N4O8S2. The lowest BCUT2D eigenvalue weighted by molar-refractivity contribution is 0.222. The second-order valence-corrected chi connectivity index (χ2v) is 18.8. The molecule has 8 aromatic rings. The summed E-state index contributed by atoms with van der Waals surface area (Å²) < 4.78 is 5.26. The number of benzene rings is 4. The highest BCUT2D eigenvalue weighted by Crippen LogP contribution is 2.44. The van der Waals surface area contributed by atoms with E-state index in [1.54, 1.807) is 93.0 Å². The van der Waals surface area contributed by atoms with Gasteiger partial charge < -0.3 is 20.4 Å². The van der Waals surface area contributed by atoms with Crippen molar-refractivity contribution in [2.75, 3.05) is 13.7 Å². The SMILES string of the molecule is CCCCn1c(=O)c2c(C(O)c3ccc(Cl)cc3)c(-c3cccc(Cl)c3)sc2n(C)c1=O.CO.Cl.Cn1c(=O)n(CCCO)c(=O)c2c(C(O)c3ccc(Cl)cc3)c(-c3cccc(Cl)c3)sc21. The zero-order valence-electron chi connectivity index (χ0n) is 36.6. The van der Waals surface area contributed by atoms with Crippen molar-refractivity contribution in [3.8, 4) is 20.9 Å². The molecule has 8 rings (SSSR count). The van der Waals surface area contributed by atoms with Crippen LogP contribution in [-0.4, -0.2) is 52.4 Å². The van der Waals surface area contributed by atoms with Crippen molar-refractivity contribution >= 4 is 102 Å². The van der Waals surface area contributed by atoms with Crippen LogP contribution in [0.3, 0.4) is 0 Å². The molecule has 0 aliphatic carbocycles. The highest BCUT2D eigenvalue weighted by Gasteiger charge is 2.29. The highest BCUT2D eigenvalue weighted by atomic mass is 35.5. The fourth-order valence-corrected chi connectivity index (χ4v) is 10.7. The molecule has 0 saturated heterocycles. The number of unbranched alkanes of at least 4 members (excludes halogenated alkanes) is 1. The summed E-state index contributed by atoms with van der Waals surface area (Å²) in [6.45, 7) is 2.27. The van der Waals surface area contributed by atoms with Gasteiger partial charge in [0.1, 0.15) is 21.9 Å². The Bertz CT molecular complexity index is 3040. The topological polar surface area (TPSA) is 169 Å². The lowest BCUT2D eigenvalue weighted by atomic mass is 9.97. The molecule has 0 amide bonds. The van der Waals surface area contributed by atoms with Gasteiger partial charge in [-0.05, 0) is 83.6 Å². The van der Waals surface area contributed by atoms with Gasteiger partial charge in [-0.3, -0.25) is 27.9 Å². The minimum atomic E-state index is -1.13. The number of aromatic nitrogens is 4. The number of aliphatic hydroxyl groups is 4. The first-order valence-electron chi connectivity index (χ1n) is 20.6. The van der Waals surface area contributed by atoms with Gasteiger partial charge in [-0.15, -0.1) is 35.1 Å². The Kier molecular flexibility index (Phi) is 18.8. The van der Waals surface area contributed by atoms with E-state index in [1.165, 1.54) is 36.4 Å². The molecule has 2 atom stereocenters. The normalized spacial score (nSPS) is 11.9. The van der Waals surface area contributed by atoms with E-state index in [0.29, 0.717) is 80.1 Å². The minimum Gasteiger partial charge on any atom is -0.400 e. The Morgan fingerprint density at radius 2 is 0.940 bits per heavy atom. The third-order valence-electron chi connectivity index (χ3n) is 10.8.